The summed E-state index contributed by atoms with van der Waals surface area (Å²) in [7, 11) is 0. The van der Waals surface area contributed by atoms with Crippen molar-refractivity contribution < 1.29 is 14.6 Å². The first-order valence-electron chi connectivity index (χ1n) is 12.0. The second-order valence-electron chi connectivity index (χ2n) is 8.71. The minimum Gasteiger partial charge on any atom is -0.445 e. The quantitative estimate of drug-likeness (QED) is 0.319. The third kappa shape index (κ3) is 7.67. The molecule has 1 unspecified atom stereocenters. The number of hydrogen-bond acceptors (Lipinski definition) is 4. The molecule has 0 bridgehead atoms. The van der Waals surface area contributed by atoms with Crippen LogP contribution in [0.5, 0.6) is 0 Å². The highest BCUT2D eigenvalue weighted by molar-refractivity contribution is 5.85. The molecule has 0 fully saturated rings. The minimum atomic E-state index is -0.718. The fraction of sp³-hybridized carbons (Fsp3) is 0.233. The lowest BCUT2D eigenvalue weighted by Gasteiger charge is -2.26. The molecule has 0 spiro atoms. The van der Waals surface area contributed by atoms with Gasteiger partial charge in [0, 0.05) is 26.2 Å². The van der Waals surface area contributed by atoms with Crippen LogP contribution in [0, 0.1) is 0 Å². The fourth-order valence-electron chi connectivity index (χ4n) is 4.18. The summed E-state index contributed by atoms with van der Waals surface area (Å²) in [6.45, 7) is 2.28. The SMILES string of the molecule is O=C(NCC(O)CN(CCc1ccccc1)Cc1cccc2ccccc12)OCc1ccccc1. The molecule has 4 aromatic rings. The molecule has 0 saturated carbocycles. The van der Waals surface area contributed by atoms with Crippen molar-refractivity contribution >= 4 is 16.9 Å². The molecule has 0 aliphatic rings. The van der Waals surface area contributed by atoms with Gasteiger partial charge in [-0.1, -0.05) is 103 Å². The lowest BCUT2D eigenvalue weighted by Crippen LogP contribution is -2.40. The Balaban J connectivity index is 1.35. The molecule has 0 saturated heterocycles. The van der Waals surface area contributed by atoms with E-state index in [4.69, 9.17) is 4.74 Å². The highest BCUT2D eigenvalue weighted by Gasteiger charge is 2.15. The molecular formula is C30H32N2O3. The van der Waals surface area contributed by atoms with Gasteiger partial charge in [0.15, 0.2) is 0 Å². The van der Waals surface area contributed by atoms with E-state index in [0.29, 0.717) is 13.1 Å². The predicted octanol–water partition coefficient (Wildman–Crippen LogP) is 5.17. The van der Waals surface area contributed by atoms with Crippen molar-refractivity contribution in [1.82, 2.24) is 10.2 Å². The second kappa shape index (κ2) is 12.7. The van der Waals surface area contributed by atoms with Crippen LogP contribution in [-0.2, 0) is 24.3 Å². The summed E-state index contributed by atoms with van der Waals surface area (Å²) in [5.74, 6) is 0. The number of fused-ring (bicyclic) bond motifs is 1. The number of alkyl carbamates (subject to hydrolysis) is 1. The zero-order valence-electron chi connectivity index (χ0n) is 19.8. The number of hydrogen-bond donors (Lipinski definition) is 2. The van der Waals surface area contributed by atoms with Crippen LogP contribution in [-0.4, -0.2) is 41.8 Å². The summed E-state index contributed by atoms with van der Waals surface area (Å²) in [6.07, 6.45) is -0.368. The molecule has 0 aromatic heterocycles. The fourth-order valence-corrected chi connectivity index (χ4v) is 4.18. The van der Waals surface area contributed by atoms with Crippen LogP contribution in [0.3, 0.4) is 0 Å². The van der Waals surface area contributed by atoms with Gasteiger partial charge in [0.1, 0.15) is 6.61 Å². The van der Waals surface area contributed by atoms with Crippen LogP contribution < -0.4 is 5.32 Å². The minimum absolute atomic E-state index is 0.130. The molecule has 2 N–H and O–H groups in total. The Morgan fingerprint density at radius 1 is 0.829 bits per heavy atom. The third-order valence-corrected chi connectivity index (χ3v) is 6.00. The number of amides is 1. The molecule has 1 atom stereocenters. The molecule has 4 aromatic carbocycles. The number of ether oxygens (including phenoxy) is 1. The zero-order chi connectivity index (χ0) is 24.3. The molecule has 0 heterocycles. The van der Waals surface area contributed by atoms with Gasteiger partial charge in [-0.05, 0) is 33.9 Å². The Hall–Kier alpha value is -3.67. The smallest absolute Gasteiger partial charge is 0.407 e. The van der Waals surface area contributed by atoms with Crippen LogP contribution in [0.15, 0.2) is 103 Å². The van der Waals surface area contributed by atoms with Crippen molar-refractivity contribution in [3.63, 3.8) is 0 Å². The molecule has 180 valence electrons. The van der Waals surface area contributed by atoms with E-state index >= 15 is 0 Å². The zero-order valence-corrected chi connectivity index (χ0v) is 19.8. The predicted molar refractivity (Wildman–Crippen MR) is 140 cm³/mol. The summed E-state index contributed by atoms with van der Waals surface area (Å²) >= 11 is 0. The Kier molecular flexibility index (Phi) is 8.87. The van der Waals surface area contributed by atoms with Crippen molar-refractivity contribution in [3.05, 3.63) is 120 Å². The summed E-state index contributed by atoms with van der Waals surface area (Å²) in [6, 6.07) is 34.6. The topological polar surface area (TPSA) is 61.8 Å². The van der Waals surface area contributed by atoms with Gasteiger partial charge in [0.2, 0.25) is 0 Å². The molecular weight excluding hydrogens is 436 g/mol. The van der Waals surface area contributed by atoms with Gasteiger partial charge in [-0.25, -0.2) is 4.79 Å². The number of nitrogens with one attached hydrogen (secondary N) is 1. The Morgan fingerprint density at radius 2 is 1.49 bits per heavy atom. The third-order valence-electron chi connectivity index (χ3n) is 6.00. The normalized spacial score (nSPS) is 11.9. The van der Waals surface area contributed by atoms with Crippen molar-refractivity contribution in [2.24, 2.45) is 0 Å². The molecule has 0 aliphatic carbocycles. The van der Waals surface area contributed by atoms with Gasteiger partial charge >= 0.3 is 6.09 Å². The maximum atomic E-state index is 12.1. The second-order valence-corrected chi connectivity index (χ2v) is 8.71. The van der Waals surface area contributed by atoms with Crippen LogP contribution in [0.4, 0.5) is 4.79 Å². The average Bonchev–Trinajstić information content (AvgIpc) is 2.91. The maximum Gasteiger partial charge on any atom is 0.407 e. The first-order chi connectivity index (χ1) is 17.2. The monoisotopic (exact) mass is 468 g/mol. The highest BCUT2D eigenvalue weighted by atomic mass is 16.5. The number of aliphatic hydroxyl groups is 1. The number of aliphatic hydroxyl groups excluding tert-OH is 1. The molecule has 0 radical (unpaired) electrons. The van der Waals surface area contributed by atoms with Crippen LogP contribution in [0.2, 0.25) is 0 Å². The van der Waals surface area contributed by atoms with E-state index < -0.39 is 12.2 Å². The van der Waals surface area contributed by atoms with Gasteiger partial charge in [-0.15, -0.1) is 0 Å². The van der Waals surface area contributed by atoms with E-state index in [9.17, 15) is 9.90 Å². The van der Waals surface area contributed by atoms with E-state index in [1.165, 1.54) is 21.9 Å². The van der Waals surface area contributed by atoms with Crippen molar-refractivity contribution in [2.75, 3.05) is 19.6 Å². The average molecular weight is 469 g/mol. The van der Waals surface area contributed by atoms with E-state index in [1.807, 2.05) is 54.6 Å². The molecule has 5 nitrogen and oxygen atoms in total. The standard InChI is InChI=1S/C30H32N2O3/c33-28(20-31-30(34)35-23-25-12-5-2-6-13-25)22-32(19-18-24-10-3-1-4-11-24)21-27-16-9-15-26-14-7-8-17-29(26)27/h1-17,28,33H,18-23H2,(H,31,34). The number of benzene rings is 4. The number of nitrogens with zero attached hydrogens (tertiary/aromatic N) is 1. The largest absolute Gasteiger partial charge is 0.445 e. The number of rotatable bonds is 11. The molecule has 0 aliphatic heterocycles. The van der Waals surface area contributed by atoms with E-state index in [2.05, 4.69) is 58.7 Å². The Morgan fingerprint density at radius 3 is 2.26 bits per heavy atom. The van der Waals surface area contributed by atoms with Gasteiger partial charge in [-0.3, -0.25) is 4.90 Å². The summed E-state index contributed by atoms with van der Waals surface area (Å²) in [5, 5.41) is 15.8. The van der Waals surface area contributed by atoms with E-state index in [0.717, 1.165) is 18.5 Å². The maximum absolute atomic E-state index is 12.1. The van der Waals surface area contributed by atoms with Gasteiger partial charge < -0.3 is 15.2 Å². The molecule has 35 heavy (non-hydrogen) atoms. The van der Waals surface area contributed by atoms with Crippen molar-refractivity contribution in [2.45, 2.75) is 25.7 Å². The lowest BCUT2D eigenvalue weighted by molar-refractivity contribution is 0.0982. The molecule has 1 amide bonds. The first kappa shape index (κ1) is 24.5. The summed E-state index contributed by atoms with van der Waals surface area (Å²) in [5.41, 5.74) is 3.40. The number of carbonyl (C=O) groups is 1. The Labute approximate surface area is 207 Å². The lowest BCUT2D eigenvalue weighted by atomic mass is 10.0. The van der Waals surface area contributed by atoms with Gasteiger partial charge in [0.05, 0.1) is 6.10 Å². The van der Waals surface area contributed by atoms with Crippen molar-refractivity contribution in [1.29, 1.82) is 0 Å². The van der Waals surface area contributed by atoms with Gasteiger partial charge in [-0.2, -0.15) is 0 Å². The van der Waals surface area contributed by atoms with Crippen LogP contribution in [0.1, 0.15) is 16.7 Å². The molecule has 5 heteroatoms. The van der Waals surface area contributed by atoms with Crippen molar-refractivity contribution in [3.8, 4) is 0 Å². The molecule has 4 rings (SSSR count). The number of carbonyl (C=O) groups excluding carboxylic acids is 1. The van der Waals surface area contributed by atoms with Crippen LogP contribution >= 0.6 is 0 Å². The highest BCUT2D eigenvalue weighted by Crippen LogP contribution is 2.20. The first-order valence-corrected chi connectivity index (χ1v) is 12.0. The van der Waals surface area contributed by atoms with Crippen LogP contribution in [0.25, 0.3) is 10.8 Å². The summed E-state index contributed by atoms with van der Waals surface area (Å²) in [4.78, 5) is 14.3. The van der Waals surface area contributed by atoms with E-state index in [-0.39, 0.29) is 13.2 Å². The van der Waals surface area contributed by atoms with Gasteiger partial charge in [0.25, 0.3) is 0 Å². The Bertz CT molecular complexity index is 1190. The summed E-state index contributed by atoms with van der Waals surface area (Å²) < 4.78 is 5.26. The van der Waals surface area contributed by atoms with E-state index in [1.54, 1.807) is 0 Å².